The molecule has 3 rings (SSSR count). The standard InChI is InChI=1S/C16H22N2O3S/c17-13-6-3-4-11(13)10-16(19)18-14-8-9-22(20,21)15-7-2-1-5-12(14)15/h1-2,5,7,11,13-14H,3-4,6,8-10,17H2,(H,18,19)/t11-,13+,14?/m0/s1. The van der Waals surface area contributed by atoms with E-state index in [0.717, 1.165) is 19.3 Å². The molecule has 3 N–H and O–H groups in total. The lowest BCUT2D eigenvalue weighted by atomic mass is 9.98. The van der Waals surface area contributed by atoms with Crippen LogP contribution in [0.3, 0.4) is 0 Å². The molecule has 3 atom stereocenters. The Balaban J connectivity index is 1.72. The number of carbonyl (C=O) groups excluding carboxylic acids is 1. The zero-order valence-electron chi connectivity index (χ0n) is 12.5. The van der Waals surface area contributed by atoms with Crippen LogP contribution in [0.1, 0.15) is 43.7 Å². The van der Waals surface area contributed by atoms with Crippen LogP contribution in [-0.2, 0) is 14.6 Å². The smallest absolute Gasteiger partial charge is 0.220 e. The second-order valence-corrected chi connectivity index (χ2v) is 8.40. The third-order valence-electron chi connectivity index (χ3n) is 4.81. The molecule has 0 radical (unpaired) electrons. The molecule has 120 valence electrons. The molecule has 22 heavy (non-hydrogen) atoms. The highest BCUT2D eigenvalue weighted by molar-refractivity contribution is 7.91. The first-order chi connectivity index (χ1) is 10.5. The fourth-order valence-electron chi connectivity index (χ4n) is 3.55. The number of sulfone groups is 1. The van der Waals surface area contributed by atoms with E-state index in [1.54, 1.807) is 18.2 Å². The molecule has 1 aromatic carbocycles. The highest BCUT2D eigenvalue weighted by Gasteiger charge is 2.32. The summed E-state index contributed by atoms with van der Waals surface area (Å²) in [6, 6.07) is 6.84. The van der Waals surface area contributed by atoms with E-state index in [4.69, 9.17) is 5.73 Å². The SMILES string of the molecule is N[C@@H]1CCC[C@H]1CC(=O)NC1CCS(=O)(=O)c2ccccc21. The quantitative estimate of drug-likeness (QED) is 0.883. The molecule has 5 nitrogen and oxygen atoms in total. The number of benzene rings is 1. The molecule has 1 aliphatic heterocycles. The van der Waals surface area contributed by atoms with Crippen LogP contribution in [0.15, 0.2) is 29.2 Å². The number of carbonyl (C=O) groups is 1. The van der Waals surface area contributed by atoms with Gasteiger partial charge in [0.1, 0.15) is 0 Å². The van der Waals surface area contributed by atoms with E-state index in [0.29, 0.717) is 23.3 Å². The Labute approximate surface area is 131 Å². The Morgan fingerprint density at radius 2 is 2.00 bits per heavy atom. The normalized spacial score (nSPS) is 29.8. The highest BCUT2D eigenvalue weighted by Crippen LogP contribution is 2.32. The van der Waals surface area contributed by atoms with Crippen molar-refractivity contribution in [3.63, 3.8) is 0 Å². The summed E-state index contributed by atoms with van der Waals surface area (Å²) in [6.07, 6.45) is 3.95. The van der Waals surface area contributed by atoms with Gasteiger partial charge in [0.2, 0.25) is 5.91 Å². The number of rotatable bonds is 3. The van der Waals surface area contributed by atoms with E-state index in [2.05, 4.69) is 5.32 Å². The molecule has 1 aromatic rings. The first kappa shape index (κ1) is 15.5. The lowest BCUT2D eigenvalue weighted by Crippen LogP contribution is -2.36. The summed E-state index contributed by atoms with van der Waals surface area (Å²) in [7, 11) is -3.21. The number of amides is 1. The zero-order valence-corrected chi connectivity index (χ0v) is 13.3. The van der Waals surface area contributed by atoms with Gasteiger partial charge in [0.05, 0.1) is 16.7 Å². The third kappa shape index (κ3) is 3.03. The first-order valence-electron chi connectivity index (χ1n) is 7.84. The maximum absolute atomic E-state index is 12.3. The second-order valence-electron chi connectivity index (χ2n) is 6.32. The molecular weight excluding hydrogens is 300 g/mol. The molecule has 1 unspecified atom stereocenters. The number of hydrogen-bond donors (Lipinski definition) is 2. The average molecular weight is 322 g/mol. The van der Waals surface area contributed by atoms with Gasteiger partial charge in [0.25, 0.3) is 0 Å². The van der Waals surface area contributed by atoms with Crippen LogP contribution in [0.4, 0.5) is 0 Å². The predicted octanol–water partition coefficient (Wildman–Crippen LogP) is 1.54. The van der Waals surface area contributed by atoms with Crippen LogP contribution in [0.5, 0.6) is 0 Å². The van der Waals surface area contributed by atoms with Crippen LogP contribution in [0, 0.1) is 5.92 Å². The molecule has 2 aliphatic rings. The molecule has 0 bridgehead atoms. The first-order valence-corrected chi connectivity index (χ1v) is 9.49. The number of fused-ring (bicyclic) bond motifs is 1. The topological polar surface area (TPSA) is 89.3 Å². The van der Waals surface area contributed by atoms with Crippen molar-refractivity contribution in [2.24, 2.45) is 11.7 Å². The molecule has 1 fully saturated rings. The van der Waals surface area contributed by atoms with Gasteiger partial charge in [-0.2, -0.15) is 0 Å². The van der Waals surface area contributed by atoms with Gasteiger partial charge in [-0.1, -0.05) is 24.6 Å². The van der Waals surface area contributed by atoms with Crippen LogP contribution in [0.25, 0.3) is 0 Å². The summed E-state index contributed by atoms with van der Waals surface area (Å²) in [5.41, 5.74) is 6.72. The van der Waals surface area contributed by atoms with Crippen LogP contribution >= 0.6 is 0 Å². The minimum atomic E-state index is -3.21. The summed E-state index contributed by atoms with van der Waals surface area (Å²) in [4.78, 5) is 12.6. The fraction of sp³-hybridized carbons (Fsp3) is 0.562. The minimum Gasteiger partial charge on any atom is -0.349 e. The van der Waals surface area contributed by atoms with Gasteiger partial charge in [0, 0.05) is 12.5 Å². The Bertz CT molecular complexity index is 672. The predicted molar refractivity (Wildman–Crippen MR) is 83.9 cm³/mol. The van der Waals surface area contributed by atoms with Crippen LogP contribution in [-0.4, -0.2) is 26.1 Å². The van der Waals surface area contributed by atoms with Gasteiger partial charge in [-0.15, -0.1) is 0 Å². The Morgan fingerprint density at radius 3 is 2.73 bits per heavy atom. The van der Waals surface area contributed by atoms with Crippen molar-refractivity contribution < 1.29 is 13.2 Å². The van der Waals surface area contributed by atoms with Gasteiger partial charge in [-0.05, 0) is 36.8 Å². The fourth-order valence-corrected chi connectivity index (χ4v) is 5.17. The molecule has 1 amide bonds. The summed E-state index contributed by atoms with van der Waals surface area (Å²) >= 11 is 0. The summed E-state index contributed by atoms with van der Waals surface area (Å²) in [6.45, 7) is 0. The molecule has 0 saturated heterocycles. The van der Waals surface area contributed by atoms with Gasteiger partial charge in [-0.25, -0.2) is 8.42 Å². The van der Waals surface area contributed by atoms with Gasteiger partial charge in [0.15, 0.2) is 9.84 Å². The van der Waals surface area contributed by atoms with Gasteiger partial charge >= 0.3 is 0 Å². The third-order valence-corrected chi connectivity index (χ3v) is 6.62. The van der Waals surface area contributed by atoms with Gasteiger partial charge < -0.3 is 11.1 Å². The van der Waals surface area contributed by atoms with Crippen molar-refractivity contribution >= 4 is 15.7 Å². The van der Waals surface area contributed by atoms with Gasteiger partial charge in [-0.3, -0.25) is 4.79 Å². The molecule has 1 heterocycles. The maximum atomic E-state index is 12.3. The Kier molecular flexibility index (Phi) is 4.23. The zero-order chi connectivity index (χ0) is 15.7. The van der Waals surface area contributed by atoms with E-state index in [9.17, 15) is 13.2 Å². The summed E-state index contributed by atoms with van der Waals surface area (Å²) in [5, 5.41) is 3.00. The van der Waals surface area contributed by atoms with Crippen molar-refractivity contribution in [2.75, 3.05) is 5.75 Å². The van der Waals surface area contributed by atoms with Crippen molar-refractivity contribution in [1.82, 2.24) is 5.32 Å². The van der Waals surface area contributed by atoms with E-state index >= 15 is 0 Å². The maximum Gasteiger partial charge on any atom is 0.220 e. The molecule has 0 aromatic heterocycles. The van der Waals surface area contributed by atoms with E-state index in [1.807, 2.05) is 6.07 Å². The van der Waals surface area contributed by atoms with E-state index in [1.165, 1.54) is 0 Å². The highest BCUT2D eigenvalue weighted by atomic mass is 32.2. The average Bonchev–Trinajstić information content (AvgIpc) is 2.88. The second kappa shape index (κ2) is 6.01. The molecule has 1 saturated carbocycles. The molecular formula is C16H22N2O3S. The van der Waals surface area contributed by atoms with Crippen LogP contribution in [0.2, 0.25) is 0 Å². The molecule has 6 heteroatoms. The lowest BCUT2D eigenvalue weighted by Gasteiger charge is -2.27. The summed E-state index contributed by atoms with van der Waals surface area (Å²) in [5.74, 6) is 0.307. The van der Waals surface area contributed by atoms with Crippen molar-refractivity contribution in [2.45, 2.75) is 49.1 Å². The van der Waals surface area contributed by atoms with Crippen molar-refractivity contribution in [3.05, 3.63) is 29.8 Å². The lowest BCUT2D eigenvalue weighted by molar-refractivity contribution is -0.122. The van der Waals surface area contributed by atoms with Crippen molar-refractivity contribution in [3.8, 4) is 0 Å². The number of nitrogens with two attached hydrogens (primary N) is 1. The Morgan fingerprint density at radius 1 is 1.23 bits per heavy atom. The number of nitrogens with one attached hydrogen (secondary N) is 1. The van der Waals surface area contributed by atoms with E-state index in [-0.39, 0.29) is 29.7 Å². The largest absolute Gasteiger partial charge is 0.349 e. The molecule has 0 spiro atoms. The monoisotopic (exact) mass is 322 g/mol. The summed E-state index contributed by atoms with van der Waals surface area (Å²) < 4.78 is 24.2. The number of hydrogen-bond acceptors (Lipinski definition) is 4. The van der Waals surface area contributed by atoms with Crippen LogP contribution < -0.4 is 11.1 Å². The Hall–Kier alpha value is -1.40. The van der Waals surface area contributed by atoms with Crippen molar-refractivity contribution in [1.29, 1.82) is 0 Å². The molecule has 1 aliphatic carbocycles. The minimum absolute atomic E-state index is 0.0264. The van der Waals surface area contributed by atoms with E-state index < -0.39 is 9.84 Å².